The summed E-state index contributed by atoms with van der Waals surface area (Å²) in [6.07, 6.45) is -1.61. The van der Waals surface area contributed by atoms with Gasteiger partial charge in [0.1, 0.15) is 12.4 Å². The number of rotatable bonds is 7. The lowest BCUT2D eigenvalue weighted by Crippen LogP contribution is -2.24. The van der Waals surface area contributed by atoms with Crippen LogP contribution in [0.2, 0.25) is 0 Å². The largest absolute Gasteiger partial charge is 0.406 e. The molecule has 0 aliphatic carbocycles. The zero-order valence-corrected chi connectivity index (χ0v) is 15.9. The number of halogens is 3. The molecule has 152 valence electrons. The molecule has 0 spiro atoms. The van der Waals surface area contributed by atoms with Gasteiger partial charge in [-0.3, -0.25) is 9.69 Å². The number of imidazole rings is 1. The molecule has 3 aromatic rings. The Hall–Kier alpha value is -3.13. The van der Waals surface area contributed by atoms with Crippen LogP contribution in [-0.4, -0.2) is 33.6 Å². The molecule has 0 unspecified atom stereocenters. The van der Waals surface area contributed by atoms with Crippen molar-refractivity contribution in [3.05, 3.63) is 83.9 Å². The highest BCUT2D eigenvalue weighted by molar-refractivity contribution is 6.04. The SMILES string of the molecule is CN(Cc1cccc(C(=O)Nc2ccccc2)c1)Cc1nccn1CC(F)(F)F. The molecule has 0 radical (unpaired) electrons. The standard InChI is InChI=1S/C21H21F3N4O/c1-27(14-19-25-10-11-28(19)15-21(22,23)24)13-16-6-5-7-17(12-16)20(29)26-18-8-3-2-4-9-18/h2-12H,13-15H2,1H3,(H,26,29). The van der Waals surface area contributed by atoms with Crippen LogP contribution in [0.3, 0.4) is 0 Å². The van der Waals surface area contributed by atoms with Crippen LogP contribution in [0.15, 0.2) is 67.0 Å². The predicted molar refractivity (Wildman–Crippen MR) is 104 cm³/mol. The molecular formula is C21H21F3N4O. The Morgan fingerprint density at radius 3 is 2.59 bits per heavy atom. The first-order valence-electron chi connectivity index (χ1n) is 9.01. The van der Waals surface area contributed by atoms with Gasteiger partial charge in [-0.25, -0.2) is 4.98 Å². The quantitative estimate of drug-likeness (QED) is 0.640. The molecule has 5 nitrogen and oxygen atoms in total. The van der Waals surface area contributed by atoms with Crippen LogP contribution in [0.25, 0.3) is 0 Å². The fourth-order valence-corrected chi connectivity index (χ4v) is 2.97. The summed E-state index contributed by atoms with van der Waals surface area (Å²) >= 11 is 0. The van der Waals surface area contributed by atoms with E-state index >= 15 is 0 Å². The van der Waals surface area contributed by atoms with Crippen molar-refractivity contribution in [2.24, 2.45) is 0 Å². The molecule has 1 N–H and O–H groups in total. The first-order chi connectivity index (χ1) is 13.8. The van der Waals surface area contributed by atoms with E-state index in [9.17, 15) is 18.0 Å². The molecule has 0 aliphatic heterocycles. The Bertz CT molecular complexity index is 954. The van der Waals surface area contributed by atoms with Crippen LogP contribution in [0, 0.1) is 0 Å². The Labute approximate surface area is 166 Å². The molecular weight excluding hydrogens is 381 g/mol. The van der Waals surface area contributed by atoms with Gasteiger partial charge in [-0.05, 0) is 36.9 Å². The number of nitrogens with one attached hydrogen (secondary N) is 1. The molecule has 8 heteroatoms. The summed E-state index contributed by atoms with van der Waals surface area (Å²) in [7, 11) is 1.79. The van der Waals surface area contributed by atoms with Gasteiger partial charge in [0, 0.05) is 30.2 Å². The number of carbonyl (C=O) groups excluding carboxylic acids is 1. The van der Waals surface area contributed by atoms with Gasteiger partial charge >= 0.3 is 6.18 Å². The topological polar surface area (TPSA) is 50.2 Å². The summed E-state index contributed by atoms with van der Waals surface area (Å²) in [5.41, 5.74) is 2.09. The number of benzene rings is 2. The minimum Gasteiger partial charge on any atom is -0.325 e. The average molecular weight is 402 g/mol. The van der Waals surface area contributed by atoms with Gasteiger partial charge in [0.05, 0.1) is 6.54 Å². The molecule has 2 aromatic carbocycles. The zero-order chi connectivity index (χ0) is 20.9. The number of amides is 1. The highest BCUT2D eigenvalue weighted by atomic mass is 19.4. The molecule has 1 amide bonds. The monoisotopic (exact) mass is 402 g/mol. The molecule has 0 fully saturated rings. The lowest BCUT2D eigenvalue weighted by Gasteiger charge is -2.18. The number of anilines is 1. The van der Waals surface area contributed by atoms with Crippen molar-refractivity contribution in [3.8, 4) is 0 Å². The lowest BCUT2D eigenvalue weighted by molar-refractivity contribution is -0.141. The van der Waals surface area contributed by atoms with E-state index in [-0.39, 0.29) is 12.5 Å². The molecule has 0 saturated carbocycles. The fraction of sp³-hybridized carbons (Fsp3) is 0.238. The third-order valence-electron chi connectivity index (χ3n) is 4.24. The van der Waals surface area contributed by atoms with Crippen LogP contribution in [0.4, 0.5) is 18.9 Å². The van der Waals surface area contributed by atoms with Gasteiger partial charge < -0.3 is 9.88 Å². The number of aromatic nitrogens is 2. The van der Waals surface area contributed by atoms with Crippen LogP contribution in [-0.2, 0) is 19.6 Å². The fourth-order valence-electron chi connectivity index (χ4n) is 2.97. The minimum absolute atomic E-state index is 0.221. The van der Waals surface area contributed by atoms with Crippen molar-refractivity contribution < 1.29 is 18.0 Å². The third kappa shape index (κ3) is 6.18. The van der Waals surface area contributed by atoms with E-state index in [1.165, 1.54) is 12.4 Å². The third-order valence-corrected chi connectivity index (χ3v) is 4.24. The molecule has 0 aliphatic rings. The van der Waals surface area contributed by atoms with Gasteiger partial charge in [0.2, 0.25) is 0 Å². The van der Waals surface area contributed by atoms with E-state index in [0.717, 1.165) is 10.1 Å². The van der Waals surface area contributed by atoms with Crippen molar-refractivity contribution in [2.75, 3.05) is 12.4 Å². The van der Waals surface area contributed by atoms with Crippen molar-refractivity contribution in [1.29, 1.82) is 0 Å². The maximum Gasteiger partial charge on any atom is 0.406 e. The Balaban J connectivity index is 1.63. The van der Waals surface area contributed by atoms with Crippen LogP contribution in [0.1, 0.15) is 21.7 Å². The minimum atomic E-state index is -4.30. The van der Waals surface area contributed by atoms with E-state index in [4.69, 9.17) is 0 Å². The molecule has 0 saturated heterocycles. The van der Waals surface area contributed by atoms with Crippen LogP contribution >= 0.6 is 0 Å². The van der Waals surface area contributed by atoms with Gasteiger partial charge in [0.25, 0.3) is 5.91 Å². The number of carbonyl (C=O) groups is 1. The summed E-state index contributed by atoms with van der Waals surface area (Å²) in [6.45, 7) is -0.347. The average Bonchev–Trinajstić information content (AvgIpc) is 3.07. The first-order valence-corrected chi connectivity index (χ1v) is 9.01. The van der Waals surface area contributed by atoms with E-state index < -0.39 is 12.7 Å². The number of nitrogens with zero attached hydrogens (tertiary/aromatic N) is 3. The summed E-state index contributed by atoms with van der Waals surface area (Å²) < 4.78 is 39.1. The molecule has 29 heavy (non-hydrogen) atoms. The smallest absolute Gasteiger partial charge is 0.325 e. The normalized spacial score (nSPS) is 11.6. The van der Waals surface area contributed by atoms with E-state index in [0.29, 0.717) is 23.6 Å². The molecule has 1 heterocycles. The zero-order valence-electron chi connectivity index (χ0n) is 15.9. The maximum absolute atomic E-state index is 12.7. The van der Waals surface area contributed by atoms with Gasteiger partial charge in [-0.15, -0.1) is 0 Å². The second-order valence-corrected chi connectivity index (χ2v) is 6.78. The highest BCUT2D eigenvalue weighted by Gasteiger charge is 2.28. The van der Waals surface area contributed by atoms with Gasteiger partial charge in [-0.1, -0.05) is 30.3 Å². The molecule has 1 aromatic heterocycles. The summed E-state index contributed by atoms with van der Waals surface area (Å²) in [4.78, 5) is 18.3. The van der Waals surface area contributed by atoms with Crippen molar-refractivity contribution in [2.45, 2.75) is 25.8 Å². The summed E-state index contributed by atoms with van der Waals surface area (Å²) in [6, 6.07) is 16.3. The number of alkyl halides is 3. The number of hydrogen-bond donors (Lipinski definition) is 1. The van der Waals surface area contributed by atoms with Crippen molar-refractivity contribution in [1.82, 2.24) is 14.5 Å². The van der Waals surface area contributed by atoms with Crippen LogP contribution in [0.5, 0.6) is 0 Å². The maximum atomic E-state index is 12.7. The summed E-state index contributed by atoms with van der Waals surface area (Å²) in [5, 5.41) is 2.83. The Morgan fingerprint density at radius 2 is 1.86 bits per heavy atom. The predicted octanol–water partition coefficient (Wildman–Crippen LogP) is 4.33. The van der Waals surface area contributed by atoms with Crippen LogP contribution < -0.4 is 5.32 Å². The Morgan fingerprint density at radius 1 is 1.10 bits per heavy atom. The van der Waals surface area contributed by atoms with Crippen molar-refractivity contribution >= 4 is 11.6 Å². The van der Waals surface area contributed by atoms with Gasteiger partial charge in [-0.2, -0.15) is 13.2 Å². The Kier molecular flexibility index (Phi) is 6.33. The second kappa shape index (κ2) is 8.91. The second-order valence-electron chi connectivity index (χ2n) is 6.78. The van der Waals surface area contributed by atoms with E-state index in [1.54, 1.807) is 37.4 Å². The summed E-state index contributed by atoms with van der Waals surface area (Å²) in [5.74, 6) is 0.115. The molecule has 3 rings (SSSR count). The first kappa shape index (κ1) is 20.6. The van der Waals surface area contributed by atoms with E-state index in [2.05, 4.69) is 10.3 Å². The van der Waals surface area contributed by atoms with Gasteiger partial charge in [0.15, 0.2) is 0 Å². The molecule has 0 bridgehead atoms. The molecule has 0 atom stereocenters. The number of para-hydroxylation sites is 1. The van der Waals surface area contributed by atoms with E-state index in [1.807, 2.05) is 29.2 Å². The highest BCUT2D eigenvalue weighted by Crippen LogP contribution is 2.19. The number of hydrogen-bond acceptors (Lipinski definition) is 3. The van der Waals surface area contributed by atoms with Crippen molar-refractivity contribution in [3.63, 3.8) is 0 Å². The lowest BCUT2D eigenvalue weighted by atomic mass is 10.1.